The van der Waals surface area contributed by atoms with Crippen LogP contribution in [-0.2, 0) is 0 Å². The maximum absolute atomic E-state index is 10.8. The number of benzene rings is 1. The largest absolute Gasteiger partial charge is 0.391 e. The fraction of sp³-hybridized carbons (Fsp3) is 0. The van der Waals surface area contributed by atoms with Crippen LogP contribution in [0.1, 0.15) is 15.9 Å². The lowest BCUT2D eigenvalue weighted by Gasteiger charge is -1.94. The van der Waals surface area contributed by atoms with E-state index in [-0.39, 0.29) is 0 Å². The Morgan fingerprint density at radius 3 is 2.86 bits per heavy atom. The van der Waals surface area contributed by atoms with E-state index < -0.39 is 0 Å². The van der Waals surface area contributed by atoms with Gasteiger partial charge in [0.15, 0.2) is 6.29 Å². The van der Waals surface area contributed by atoms with E-state index in [4.69, 9.17) is 11.0 Å². The van der Waals surface area contributed by atoms with E-state index in [1.807, 2.05) is 6.07 Å². The number of nitrogen functional groups attached to an aromatic ring is 1. The Hall–Kier alpha value is -1.86. The number of rotatable bonds is 1. The minimum Gasteiger partial charge on any atom is -0.391 e. The van der Waals surface area contributed by atoms with Gasteiger partial charge >= 0.3 is 0 Å². The molecule has 0 radical (unpaired) electrons. The molecule has 68 valence electrons. The van der Waals surface area contributed by atoms with Crippen LogP contribution < -0.4 is 5.73 Å². The average Bonchev–Trinajstić information content (AvgIpc) is 2.56. The number of anilines is 1. The van der Waals surface area contributed by atoms with Gasteiger partial charge in [-0.25, -0.2) is 0 Å². The minimum atomic E-state index is 0.487. The van der Waals surface area contributed by atoms with Crippen LogP contribution >= 0.6 is 11.3 Å². The monoisotopic (exact) mass is 202 g/mol. The first kappa shape index (κ1) is 8.73. The van der Waals surface area contributed by atoms with Gasteiger partial charge in [0.1, 0.15) is 0 Å². The summed E-state index contributed by atoms with van der Waals surface area (Å²) in [6.45, 7) is 0. The summed E-state index contributed by atoms with van der Waals surface area (Å²) in [5, 5.41) is 10.2. The van der Waals surface area contributed by atoms with E-state index in [0.29, 0.717) is 16.1 Å². The van der Waals surface area contributed by atoms with Crippen molar-refractivity contribution in [2.24, 2.45) is 0 Å². The Morgan fingerprint density at radius 2 is 2.21 bits per heavy atom. The van der Waals surface area contributed by atoms with Crippen molar-refractivity contribution in [3.8, 4) is 6.07 Å². The molecule has 0 bridgehead atoms. The molecule has 2 N–H and O–H groups in total. The summed E-state index contributed by atoms with van der Waals surface area (Å²) in [6, 6.07) is 7.08. The molecule has 0 aliphatic heterocycles. The van der Waals surface area contributed by atoms with E-state index in [0.717, 1.165) is 16.4 Å². The summed E-state index contributed by atoms with van der Waals surface area (Å²) in [5.74, 6) is 0. The number of carbonyl (C=O) groups is 1. The number of carbonyl (C=O) groups excluding carboxylic acids is 1. The van der Waals surface area contributed by atoms with Crippen molar-refractivity contribution in [1.29, 1.82) is 5.26 Å². The number of hydrogen-bond acceptors (Lipinski definition) is 4. The van der Waals surface area contributed by atoms with E-state index in [9.17, 15) is 4.79 Å². The van der Waals surface area contributed by atoms with Crippen molar-refractivity contribution in [3.05, 3.63) is 29.3 Å². The summed E-state index contributed by atoms with van der Waals surface area (Å²) in [7, 11) is 0. The summed E-state index contributed by atoms with van der Waals surface area (Å²) in [5.41, 5.74) is 6.63. The van der Waals surface area contributed by atoms with Crippen molar-refractivity contribution >= 4 is 32.7 Å². The predicted molar refractivity (Wildman–Crippen MR) is 56.3 cm³/mol. The van der Waals surface area contributed by atoms with Gasteiger partial charge < -0.3 is 5.73 Å². The van der Waals surface area contributed by atoms with Crippen molar-refractivity contribution in [3.63, 3.8) is 0 Å². The highest BCUT2D eigenvalue weighted by Crippen LogP contribution is 2.30. The Kier molecular flexibility index (Phi) is 1.95. The summed E-state index contributed by atoms with van der Waals surface area (Å²) in [6.07, 6.45) is 0.745. The first-order valence-corrected chi connectivity index (χ1v) is 4.74. The Balaban J connectivity index is 2.87. The van der Waals surface area contributed by atoms with Gasteiger partial charge in [-0.1, -0.05) is 0 Å². The molecule has 1 aromatic carbocycles. The lowest BCUT2D eigenvalue weighted by Crippen LogP contribution is -1.83. The second-order valence-corrected chi connectivity index (χ2v) is 3.97. The third-order valence-corrected chi connectivity index (χ3v) is 2.86. The third kappa shape index (κ3) is 1.24. The standard InChI is InChI=1S/C10H6N2OS/c11-4-6-1-7(5-13)8-3-10(12)14-9(8)2-6/h1-3,5H,12H2. The molecule has 0 saturated carbocycles. The van der Waals surface area contributed by atoms with Crippen LogP contribution in [0.2, 0.25) is 0 Å². The fourth-order valence-electron chi connectivity index (χ4n) is 1.35. The van der Waals surface area contributed by atoms with Crippen molar-refractivity contribution < 1.29 is 4.79 Å². The zero-order chi connectivity index (χ0) is 10.1. The molecule has 3 nitrogen and oxygen atoms in total. The zero-order valence-electron chi connectivity index (χ0n) is 7.15. The molecule has 0 unspecified atom stereocenters. The Labute approximate surface area is 84.4 Å². The van der Waals surface area contributed by atoms with Gasteiger partial charge in [-0.2, -0.15) is 5.26 Å². The van der Waals surface area contributed by atoms with Gasteiger partial charge in [0.2, 0.25) is 0 Å². The lowest BCUT2D eigenvalue weighted by molar-refractivity contribution is 0.112. The molecule has 0 aliphatic rings. The molecule has 1 heterocycles. The smallest absolute Gasteiger partial charge is 0.150 e. The van der Waals surface area contributed by atoms with E-state index in [1.165, 1.54) is 11.3 Å². The van der Waals surface area contributed by atoms with Gasteiger partial charge in [0.25, 0.3) is 0 Å². The van der Waals surface area contributed by atoms with Crippen molar-refractivity contribution in [2.45, 2.75) is 0 Å². The maximum atomic E-state index is 10.8. The second kappa shape index (κ2) is 3.13. The average molecular weight is 202 g/mol. The Bertz CT molecular complexity index is 551. The molecule has 0 amide bonds. The topological polar surface area (TPSA) is 66.9 Å². The van der Waals surface area contributed by atoms with Gasteiger partial charge in [-0.3, -0.25) is 4.79 Å². The number of hydrogen-bond donors (Lipinski definition) is 1. The van der Waals surface area contributed by atoms with Crippen LogP contribution in [0.3, 0.4) is 0 Å². The fourth-order valence-corrected chi connectivity index (χ4v) is 2.25. The number of aldehydes is 1. The number of nitriles is 1. The molecular formula is C10H6N2OS. The molecule has 0 saturated heterocycles. The van der Waals surface area contributed by atoms with Crippen LogP contribution in [-0.4, -0.2) is 6.29 Å². The summed E-state index contributed by atoms with van der Waals surface area (Å²) >= 11 is 1.38. The number of nitrogens with two attached hydrogens (primary N) is 1. The molecular weight excluding hydrogens is 196 g/mol. The van der Waals surface area contributed by atoms with Gasteiger partial charge in [0, 0.05) is 15.6 Å². The van der Waals surface area contributed by atoms with Crippen LogP contribution in [0.4, 0.5) is 5.00 Å². The van der Waals surface area contributed by atoms with Crippen LogP contribution in [0, 0.1) is 11.3 Å². The van der Waals surface area contributed by atoms with Crippen molar-refractivity contribution in [2.75, 3.05) is 5.73 Å². The normalized spacial score (nSPS) is 9.93. The van der Waals surface area contributed by atoms with Crippen LogP contribution in [0.25, 0.3) is 10.1 Å². The van der Waals surface area contributed by atoms with Crippen molar-refractivity contribution in [1.82, 2.24) is 0 Å². The molecule has 1 aromatic heterocycles. The first-order valence-electron chi connectivity index (χ1n) is 3.93. The molecule has 0 spiro atoms. The van der Waals surface area contributed by atoms with E-state index >= 15 is 0 Å². The molecule has 4 heteroatoms. The van der Waals surface area contributed by atoms with Gasteiger partial charge in [0.05, 0.1) is 16.6 Å². The summed E-state index contributed by atoms with van der Waals surface area (Å²) < 4.78 is 0.878. The second-order valence-electron chi connectivity index (χ2n) is 2.86. The molecule has 0 atom stereocenters. The molecule has 0 fully saturated rings. The number of nitrogens with zero attached hydrogens (tertiary/aromatic N) is 1. The lowest BCUT2D eigenvalue weighted by atomic mass is 10.1. The molecule has 2 aromatic rings. The first-order chi connectivity index (χ1) is 6.74. The Morgan fingerprint density at radius 1 is 1.43 bits per heavy atom. The maximum Gasteiger partial charge on any atom is 0.150 e. The number of thiophene rings is 1. The zero-order valence-corrected chi connectivity index (χ0v) is 7.97. The van der Waals surface area contributed by atoms with Gasteiger partial charge in [-0.05, 0) is 18.2 Å². The highest BCUT2D eigenvalue weighted by molar-refractivity contribution is 7.22. The van der Waals surface area contributed by atoms with Gasteiger partial charge in [-0.15, -0.1) is 11.3 Å². The molecule has 14 heavy (non-hydrogen) atoms. The predicted octanol–water partition coefficient (Wildman–Crippen LogP) is 2.17. The molecule has 2 rings (SSSR count). The highest BCUT2D eigenvalue weighted by Gasteiger charge is 2.06. The van der Waals surface area contributed by atoms with Crippen LogP contribution in [0.15, 0.2) is 18.2 Å². The number of fused-ring (bicyclic) bond motifs is 1. The van der Waals surface area contributed by atoms with Crippen LogP contribution in [0.5, 0.6) is 0 Å². The SMILES string of the molecule is N#Cc1cc(C=O)c2cc(N)sc2c1. The molecule has 0 aliphatic carbocycles. The van der Waals surface area contributed by atoms with E-state index in [2.05, 4.69) is 0 Å². The highest BCUT2D eigenvalue weighted by atomic mass is 32.1. The quantitative estimate of drug-likeness (QED) is 0.720. The third-order valence-electron chi connectivity index (χ3n) is 1.94. The van der Waals surface area contributed by atoms with E-state index in [1.54, 1.807) is 18.2 Å². The minimum absolute atomic E-state index is 0.487. The summed E-state index contributed by atoms with van der Waals surface area (Å²) in [4.78, 5) is 10.8.